The predicted octanol–water partition coefficient (Wildman–Crippen LogP) is 4.19. The number of nitrogens with zero attached hydrogens (tertiary/aromatic N) is 5. The first-order valence-corrected chi connectivity index (χ1v) is 10.9. The molecule has 3 aromatic rings. The molecule has 0 bridgehead atoms. The van der Waals surface area contributed by atoms with Crippen LogP contribution in [0.2, 0.25) is 0 Å². The Kier molecular flexibility index (Phi) is 4.98. The molecule has 1 fully saturated rings. The molecule has 170 valence electrons. The van der Waals surface area contributed by atoms with Crippen molar-refractivity contribution >= 4 is 11.6 Å². The van der Waals surface area contributed by atoms with Gasteiger partial charge in [0.15, 0.2) is 11.3 Å². The average molecular weight is 447 g/mol. The first-order chi connectivity index (χ1) is 15.2. The van der Waals surface area contributed by atoms with Gasteiger partial charge < -0.3 is 9.42 Å². The van der Waals surface area contributed by atoms with Gasteiger partial charge in [-0.3, -0.25) is 4.79 Å². The standard InChI is InChI=1S/C22H24F3N5O2/c1-12-3-4-16-15(9-12)20(32-28-16)14-5-7-29(8-6-14)21(31)17-11-19-26-13(2)10-18(22(23,24)25)30(19)27-17/h10-12,14H,3-9H2,1-2H3. The lowest BCUT2D eigenvalue weighted by Crippen LogP contribution is -2.38. The van der Waals surface area contributed by atoms with Crippen molar-refractivity contribution in [3.63, 3.8) is 0 Å². The molecule has 0 radical (unpaired) electrons. The van der Waals surface area contributed by atoms with Crippen LogP contribution < -0.4 is 0 Å². The van der Waals surface area contributed by atoms with Crippen LogP contribution in [0.3, 0.4) is 0 Å². The molecule has 4 heterocycles. The van der Waals surface area contributed by atoms with Crippen LogP contribution in [0, 0.1) is 12.8 Å². The Morgan fingerprint density at radius 1 is 1.19 bits per heavy atom. The molecule has 1 aliphatic heterocycles. The quantitative estimate of drug-likeness (QED) is 0.589. The summed E-state index contributed by atoms with van der Waals surface area (Å²) in [5.41, 5.74) is 1.55. The van der Waals surface area contributed by atoms with E-state index in [-0.39, 0.29) is 28.9 Å². The normalized spacial score (nSPS) is 20.0. The second kappa shape index (κ2) is 7.60. The fourth-order valence-electron chi connectivity index (χ4n) is 4.84. The summed E-state index contributed by atoms with van der Waals surface area (Å²) in [7, 11) is 0. The summed E-state index contributed by atoms with van der Waals surface area (Å²) < 4.78 is 46.6. The van der Waals surface area contributed by atoms with Crippen molar-refractivity contribution < 1.29 is 22.5 Å². The number of hydrogen-bond donors (Lipinski definition) is 0. The minimum Gasteiger partial charge on any atom is -0.361 e. The largest absolute Gasteiger partial charge is 0.433 e. The van der Waals surface area contributed by atoms with Crippen LogP contribution in [0.4, 0.5) is 13.2 Å². The molecule has 1 aliphatic carbocycles. The summed E-state index contributed by atoms with van der Waals surface area (Å²) in [6.45, 7) is 4.69. The predicted molar refractivity (Wildman–Crippen MR) is 108 cm³/mol. The summed E-state index contributed by atoms with van der Waals surface area (Å²) in [5.74, 6) is 1.37. The number of piperidine rings is 1. The Hall–Kier alpha value is -2.91. The summed E-state index contributed by atoms with van der Waals surface area (Å²) in [5, 5.41) is 8.21. The Morgan fingerprint density at radius 3 is 2.66 bits per heavy atom. The minimum absolute atomic E-state index is 0.0120. The highest BCUT2D eigenvalue weighted by Gasteiger charge is 2.36. The molecule has 1 unspecified atom stereocenters. The fourth-order valence-corrected chi connectivity index (χ4v) is 4.84. The number of alkyl halides is 3. The van der Waals surface area contributed by atoms with Gasteiger partial charge in [0.1, 0.15) is 11.5 Å². The van der Waals surface area contributed by atoms with Gasteiger partial charge in [-0.05, 0) is 51.0 Å². The van der Waals surface area contributed by atoms with Crippen molar-refractivity contribution in [1.82, 2.24) is 24.7 Å². The third-order valence-corrected chi connectivity index (χ3v) is 6.54. The lowest BCUT2D eigenvalue weighted by atomic mass is 9.83. The Morgan fingerprint density at radius 2 is 1.94 bits per heavy atom. The maximum Gasteiger partial charge on any atom is 0.433 e. The number of carbonyl (C=O) groups is 1. The number of aryl methyl sites for hydroxylation is 2. The first kappa shape index (κ1) is 21.0. The van der Waals surface area contributed by atoms with Crippen LogP contribution in [0.1, 0.15) is 71.0 Å². The fraction of sp³-hybridized carbons (Fsp3) is 0.545. The van der Waals surface area contributed by atoms with Crippen molar-refractivity contribution in [3.05, 3.63) is 46.2 Å². The smallest absolute Gasteiger partial charge is 0.361 e. The molecule has 1 saturated heterocycles. The number of rotatable bonds is 2. The topological polar surface area (TPSA) is 76.5 Å². The molecular formula is C22H24F3N5O2. The molecular weight excluding hydrogens is 423 g/mol. The van der Waals surface area contributed by atoms with E-state index in [1.165, 1.54) is 18.6 Å². The van der Waals surface area contributed by atoms with E-state index < -0.39 is 11.9 Å². The van der Waals surface area contributed by atoms with Crippen LogP contribution in [-0.2, 0) is 19.0 Å². The lowest BCUT2D eigenvalue weighted by molar-refractivity contribution is -0.142. The van der Waals surface area contributed by atoms with E-state index in [1.54, 1.807) is 4.90 Å². The van der Waals surface area contributed by atoms with Gasteiger partial charge in [-0.15, -0.1) is 0 Å². The SMILES string of the molecule is Cc1cc(C(F)(F)F)n2nc(C(=O)N3CCC(c4onc5c4CC(C)CC5)CC3)cc2n1. The average Bonchev–Trinajstić information content (AvgIpc) is 3.36. The van der Waals surface area contributed by atoms with E-state index in [0.29, 0.717) is 23.5 Å². The van der Waals surface area contributed by atoms with Crippen LogP contribution in [0.15, 0.2) is 16.7 Å². The van der Waals surface area contributed by atoms with Gasteiger partial charge in [-0.25, -0.2) is 9.50 Å². The Balaban J connectivity index is 1.33. The van der Waals surface area contributed by atoms with Crippen molar-refractivity contribution in [2.24, 2.45) is 5.92 Å². The van der Waals surface area contributed by atoms with Gasteiger partial charge in [0.2, 0.25) is 0 Å². The maximum absolute atomic E-state index is 13.4. The van der Waals surface area contributed by atoms with E-state index in [2.05, 4.69) is 22.2 Å². The second-order valence-electron chi connectivity index (χ2n) is 8.97. The van der Waals surface area contributed by atoms with Gasteiger partial charge in [0.05, 0.1) is 5.69 Å². The number of likely N-dealkylation sites (tertiary alicyclic amines) is 1. The molecule has 32 heavy (non-hydrogen) atoms. The number of carbonyl (C=O) groups excluding carboxylic acids is 1. The first-order valence-electron chi connectivity index (χ1n) is 10.9. The van der Waals surface area contributed by atoms with Crippen LogP contribution in [0.5, 0.6) is 0 Å². The third kappa shape index (κ3) is 3.65. The molecule has 0 saturated carbocycles. The lowest BCUT2D eigenvalue weighted by Gasteiger charge is -2.31. The maximum atomic E-state index is 13.4. The zero-order valence-electron chi connectivity index (χ0n) is 17.9. The van der Waals surface area contributed by atoms with Crippen molar-refractivity contribution in [2.75, 3.05) is 13.1 Å². The van der Waals surface area contributed by atoms with Crippen molar-refractivity contribution in [1.29, 1.82) is 0 Å². The van der Waals surface area contributed by atoms with Crippen molar-refractivity contribution in [2.45, 2.75) is 58.0 Å². The molecule has 10 heteroatoms. The van der Waals surface area contributed by atoms with Gasteiger partial charge in [0, 0.05) is 36.3 Å². The highest BCUT2D eigenvalue weighted by atomic mass is 19.4. The number of amides is 1. The summed E-state index contributed by atoms with van der Waals surface area (Å²) >= 11 is 0. The number of hydrogen-bond acceptors (Lipinski definition) is 5. The van der Waals surface area contributed by atoms with E-state index >= 15 is 0 Å². The van der Waals surface area contributed by atoms with E-state index in [9.17, 15) is 18.0 Å². The molecule has 3 aromatic heterocycles. The monoisotopic (exact) mass is 447 g/mol. The third-order valence-electron chi connectivity index (χ3n) is 6.54. The molecule has 1 atom stereocenters. The van der Waals surface area contributed by atoms with Crippen LogP contribution in [-0.4, -0.2) is 43.7 Å². The highest BCUT2D eigenvalue weighted by molar-refractivity contribution is 5.93. The molecule has 5 rings (SSSR count). The molecule has 1 amide bonds. The second-order valence-corrected chi connectivity index (χ2v) is 8.97. The van der Waals surface area contributed by atoms with Gasteiger partial charge in [-0.1, -0.05) is 12.1 Å². The highest BCUT2D eigenvalue weighted by Crippen LogP contribution is 2.36. The van der Waals surface area contributed by atoms with Gasteiger partial charge >= 0.3 is 6.18 Å². The molecule has 0 spiro atoms. The minimum atomic E-state index is -4.59. The van der Waals surface area contributed by atoms with Crippen molar-refractivity contribution in [3.8, 4) is 0 Å². The number of fused-ring (bicyclic) bond motifs is 2. The van der Waals surface area contributed by atoms with E-state index in [0.717, 1.165) is 49.6 Å². The zero-order valence-corrected chi connectivity index (χ0v) is 17.9. The van der Waals surface area contributed by atoms with E-state index in [4.69, 9.17) is 4.52 Å². The summed E-state index contributed by atoms with van der Waals surface area (Å²) in [6.07, 6.45) is -0.110. The van der Waals surface area contributed by atoms with Gasteiger partial charge in [-0.2, -0.15) is 18.3 Å². The Labute approximate surface area is 182 Å². The number of halogens is 3. The summed E-state index contributed by atoms with van der Waals surface area (Å²) in [4.78, 5) is 18.7. The van der Waals surface area contributed by atoms with Crippen LogP contribution >= 0.6 is 0 Å². The zero-order chi connectivity index (χ0) is 22.6. The molecule has 0 N–H and O–H groups in total. The Bertz CT molecular complexity index is 1170. The molecule has 0 aromatic carbocycles. The summed E-state index contributed by atoms with van der Waals surface area (Å²) in [6, 6.07) is 2.25. The molecule has 2 aliphatic rings. The van der Waals surface area contributed by atoms with Gasteiger partial charge in [0.25, 0.3) is 5.91 Å². The van der Waals surface area contributed by atoms with Crippen LogP contribution in [0.25, 0.3) is 5.65 Å². The molecule has 7 nitrogen and oxygen atoms in total. The van der Waals surface area contributed by atoms with E-state index in [1.807, 2.05) is 0 Å². The number of aromatic nitrogens is 4.